The summed E-state index contributed by atoms with van der Waals surface area (Å²) in [4.78, 5) is 16.3. The number of imidazole rings is 1. The van der Waals surface area contributed by atoms with Gasteiger partial charge in [-0.1, -0.05) is 0 Å². The van der Waals surface area contributed by atoms with E-state index in [1.807, 2.05) is 0 Å². The molecule has 0 saturated heterocycles. The summed E-state index contributed by atoms with van der Waals surface area (Å²) in [6.07, 6.45) is -4.40. The fourth-order valence-electron chi connectivity index (χ4n) is 3.16. The maximum atomic E-state index is 12.8. The van der Waals surface area contributed by atoms with Crippen molar-refractivity contribution in [2.75, 3.05) is 0 Å². The van der Waals surface area contributed by atoms with E-state index in [0.29, 0.717) is 24.2 Å². The fourth-order valence-corrected chi connectivity index (χ4v) is 3.16. The Balaban J connectivity index is 1.73. The average molecular weight is 356 g/mol. The number of alkyl halides is 3. The predicted molar refractivity (Wildman–Crippen MR) is 84.3 cm³/mol. The van der Waals surface area contributed by atoms with Crippen LogP contribution in [0.3, 0.4) is 0 Å². The Hall–Kier alpha value is -2.13. The third kappa shape index (κ3) is 3.47. The average Bonchev–Trinajstić information content (AvgIpc) is 3.04. The second-order valence-electron chi connectivity index (χ2n) is 6.41. The summed E-state index contributed by atoms with van der Waals surface area (Å²) in [5.74, 6) is -0.155. The van der Waals surface area contributed by atoms with Crippen LogP contribution in [0, 0.1) is 5.92 Å². The molecule has 0 spiro atoms. The molecule has 1 aromatic heterocycles. The number of fused-ring (bicyclic) bond motifs is 1. The van der Waals surface area contributed by atoms with E-state index in [4.69, 9.17) is 5.73 Å². The van der Waals surface area contributed by atoms with E-state index in [-0.39, 0.29) is 23.9 Å². The number of aryl methyl sites for hydroxylation is 1. The first-order valence-corrected chi connectivity index (χ1v) is 7.90. The standard InChI is InChI=1S/C16H19F3N4O2/c1-23-12-3-2-9(16(17,18)19)6-11(12)22-14(23)7-21-15(25)8-4-10(20)13(24)5-8/h2-3,6,8,10,13,24H,4-5,7,20H2,1H3,(H,21,25)/t8-,10-,13-/m0/s1. The molecule has 25 heavy (non-hydrogen) atoms. The highest BCUT2D eigenvalue weighted by atomic mass is 19.4. The van der Waals surface area contributed by atoms with E-state index in [0.717, 1.165) is 12.1 Å². The summed E-state index contributed by atoms with van der Waals surface area (Å²) in [5, 5.41) is 12.3. The lowest BCUT2D eigenvalue weighted by Gasteiger charge is -2.10. The van der Waals surface area contributed by atoms with Crippen molar-refractivity contribution in [3.63, 3.8) is 0 Å². The summed E-state index contributed by atoms with van der Waals surface area (Å²) in [7, 11) is 1.68. The summed E-state index contributed by atoms with van der Waals surface area (Å²) < 4.78 is 40.0. The summed E-state index contributed by atoms with van der Waals surface area (Å²) >= 11 is 0. The fraction of sp³-hybridized carbons (Fsp3) is 0.500. The maximum absolute atomic E-state index is 12.8. The number of amides is 1. The summed E-state index contributed by atoms with van der Waals surface area (Å²) in [6.45, 7) is 0.0905. The minimum atomic E-state index is -4.43. The van der Waals surface area contributed by atoms with Gasteiger partial charge >= 0.3 is 6.18 Å². The van der Waals surface area contributed by atoms with Crippen LogP contribution in [0.5, 0.6) is 0 Å². The van der Waals surface area contributed by atoms with Crippen LogP contribution in [0.1, 0.15) is 24.2 Å². The van der Waals surface area contributed by atoms with Crippen LogP contribution < -0.4 is 11.1 Å². The number of hydrogen-bond donors (Lipinski definition) is 3. The molecule has 1 heterocycles. The quantitative estimate of drug-likeness (QED) is 0.773. The highest BCUT2D eigenvalue weighted by Crippen LogP contribution is 2.31. The lowest BCUT2D eigenvalue weighted by Crippen LogP contribution is -2.31. The lowest BCUT2D eigenvalue weighted by atomic mass is 10.1. The van der Waals surface area contributed by atoms with Crippen molar-refractivity contribution in [1.82, 2.24) is 14.9 Å². The molecule has 4 N–H and O–H groups in total. The van der Waals surface area contributed by atoms with Crippen molar-refractivity contribution in [3.05, 3.63) is 29.6 Å². The number of aromatic nitrogens is 2. The number of benzene rings is 1. The molecule has 0 bridgehead atoms. The zero-order chi connectivity index (χ0) is 18.4. The Morgan fingerprint density at radius 1 is 1.44 bits per heavy atom. The van der Waals surface area contributed by atoms with Crippen molar-refractivity contribution in [2.45, 2.75) is 37.7 Å². The highest BCUT2D eigenvalue weighted by Gasteiger charge is 2.34. The largest absolute Gasteiger partial charge is 0.416 e. The van der Waals surface area contributed by atoms with Crippen molar-refractivity contribution >= 4 is 16.9 Å². The van der Waals surface area contributed by atoms with Gasteiger partial charge in [0.15, 0.2) is 0 Å². The molecule has 0 aliphatic heterocycles. The summed E-state index contributed by atoms with van der Waals surface area (Å²) in [5.41, 5.74) is 5.71. The van der Waals surface area contributed by atoms with E-state index in [1.165, 1.54) is 6.07 Å². The minimum Gasteiger partial charge on any atom is -0.391 e. The Morgan fingerprint density at radius 3 is 2.76 bits per heavy atom. The zero-order valence-electron chi connectivity index (χ0n) is 13.5. The van der Waals surface area contributed by atoms with Crippen LogP contribution in [-0.2, 0) is 24.6 Å². The normalized spacial score (nSPS) is 24.0. The van der Waals surface area contributed by atoms with Gasteiger partial charge in [0.1, 0.15) is 5.82 Å². The van der Waals surface area contributed by atoms with E-state index in [2.05, 4.69) is 10.3 Å². The van der Waals surface area contributed by atoms with Gasteiger partial charge in [0.25, 0.3) is 0 Å². The molecule has 1 aliphatic rings. The molecule has 1 aliphatic carbocycles. The number of hydrogen-bond acceptors (Lipinski definition) is 4. The number of aliphatic hydroxyl groups excluding tert-OH is 1. The molecule has 9 heteroatoms. The maximum Gasteiger partial charge on any atom is 0.416 e. The van der Waals surface area contributed by atoms with E-state index >= 15 is 0 Å². The zero-order valence-corrected chi connectivity index (χ0v) is 13.5. The molecule has 1 amide bonds. The van der Waals surface area contributed by atoms with E-state index in [1.54, 1.807) is 11.6 Å². The Morgan fingerprint density at radius 2 is 2.16 bits per heavy atom. The Kier molecular flexibility index (Phi) is 4.46. The van der Waals surface area contributed by atoms with Gasteiger partial charge in [0, 0.05) is 19.0 Å². The molecule has 1 fully saturated rings. The number of halogens is 3. The molecule has 0 radical (unpaired) electrons. The van der Waals surface area contributed by atoms with Crippen molar-refractivity contribution in [2.24, 2.45) is 18.7 Å². The predicted octanol–water partition coefficient (Wildman–Crippen LogP) is 1.31. The monoisotopic (exact) mass is 356 g/mol. The lowest BCUT2D eigenvalue weighted by molar-refractivity contribution is -0.137. The van der Waals surface area contributed by atoms with E-state index in [9.17, 15) is 23.1 Å². The van der Waals surface area contributed by atoms with Crippen molar-refractivity contribution < 1.29 is 23.1 Å². The third-order valence-electron chi connectivity index (χ3n) is 4.67. The van der Waals surface area contributed by atoms with Crippen LogP contribution in [0.25, 0.3) is 11.0 Å². The van der Waals surface area contributed by atoms with Gasteiger partial charge in [0.2, 0.25) is 5.91 Å². The van der Waals surface area contributed by atoms with Crippen LogP contribution >= 0.6 is 0 Å². The number of nitrogens with one attached hydrogen (secondary N) is 1. The first-order chi connectivity index (χ1) is 11.7. The van der Waals surface area contributed by atoms with Crippen LogP contribution in [0.2, 0.25) is 0 Å². The van der Waals surface area contributed by atoms with Gasteiger partial charge in [-0.15, -0.1) is 0 Å². The van der Waals surface area contributed by atoms with Crippen molar-refractivity contribution in [3.8, 4) is 0 Å². The number of rotatable bonds is 3. The van der Waals surface area contributed by atoms with E-state index < -0.39 is 23.9 Å². The van der Waals surface area contributed by atoms with Gasteiger partial charge in [-0.2, -0.15) is 13.2 Å². The minimum absolute atomic E-state index is 0.0905. The topological polar surface area (TPSA) is 93.2 Å². The van der Waals surface area contributed by atoms with Crippen LogP contribution in [-0.4, -0.2) is 32.7 Å². The van der Waals surface area contributed by atoms with Gasteiger partial charge in [0.05, 0.1) is 29.2 Å². The molecule has 6 nitrogen and oxygen atoms in total. The number of carbonyl (C=O) groups is 1. The second-order valence-corrected chi connectivity index (χ2v) is 6.41. The number of nitrogens with two attached hydrogens (primary N) is 1. The number of aliphatic hydroxyl groups is 1. The van der Waals surface area contributed by atoms with Gasteiger partial charge in [-0.05, 0) is 31.0 Å². The highest BCUT2D eigenvalue weighted by molar-refractivity contribution is 5.80. The molecule has 1 saturated carbocycles. The first-order valence-electron chi connectivity index (χ1n) is 7.90. The Labute approximate surface area is 141 Å². The molecule has 3 rings (SSSR count). The number of carbonyl (C=O) groups excluding carboxylic acids is 1. The van der Waals surface area contributed by atoms with Crippen molar-refractivity contribution in [1.29, 1.82) is 0 Å². The molecular formula is C16H19F3N4O2. The van der Waals surface area contributed by atoms with Gasteiger partial charge in [-0.3, -0.25) is 4.79 Å². The molecule has 2 aromatic rings. The molecule has 136 valence electrons. The first kappa shape index (κ1) is 17.7. The van der Waals surface area contributed by atoms with Crippen LogP contribution in [0.4, 0.5) is 13.2 Å². The molecule has 1 aromatic carbocycles. The number of nitrogens with zero attached hydrogens (tertiary/aromatic N) is 2. The van der Waals surface area contributed by atoms with Gasteiger partial charge in [-0.25, -0.2) is 4.98 Å². The molecule has 3 atom stereocenters. The SMILES string of the molecule is Cn1c(CNC(=O)[C@H]2C[C@H](N)[C@@H](O)C2)nc2cc(C(F)(F)F)ccc21. The second kappa shape index (κ2) is 6.30. The molecule has 0 unspecified atom stereocenters. The van der Waals surface area contributed by atoms with Crippen LogP contribution in [0.15, 0.2) is 18.2 Å². The third-order valence-corrected chi connectivity index (χ3v) is 4.67. The molecular weight excluding hydrogens is 337 g/mol. The summed E-state index contributed by atoms with van der Waals surface area (Å²) in [6, 6.07) is 2.95. The smallest absolute Gasteiger partial charge is 0.391 e. The van der Waals surface area contributed by atoms with Gasteiger partial charge < -0.3 is 20.7 Å². The Bertz CT molecular complexity index is 793.